The molecule has 0 aromatic heterocycles. The van der Waals surface area contributed by atoms with E-state index in [-0.39, 0.29) is 5.92 Å². The van der Waals surface area contributed by atoms with E-state index in [0.29, 0.717) is 12.6 Å². The average Bonchev–Trinajstić information content (AvgIpc) is 2.65. The first-order chi connectivity index (χ1) is 7.15. The monoisotopic (exact) mass is 214 g/mol. The first kappa shape index (κ1) is 12.5. The Bertz CT molecular complexity index is 209. The Morgan fingerprint density at radius 3 is 3.00 bits per heavy atom. The maximum atomic E-state index is 10.6. The molecule has 0 amide bonds. The third kappa shape index (κ3) is 3.80. The lowest BCUT2D eigenvalue weighted by Gasteiger charge is -2.23. The summed E-state index contributed by atoms with van der Waals surface area (Å²) in [5.41, 5.74) is 0. The molecular formula is C11H22N2O2. The number of rotatable bonds is 6. The van der Waals surface area contributed by atoms with E-state index >= 15 is 0 Å². The van der Waals surface area contributed by atoms with Gasteiger partial charge in [0, 0.05) is 19.1 Å². The molecule has 1 fully saturated rings. The number of aliphatic carboxylic acids is 1. The van der Waals surface area contributed by atoms with E-state index in [4.69, 9.17) is 5.11 Å². The van der Waals surface area contributed by atoms with Crippen LogP contribution in [0.25, 0.3) is 0 Å². The number of carboxylic acids is 1. The zero-order chi connectivity index (χ0) is 11.3. The van der Waals surface area contributed by atoms with Crippen LogP contribution in [0.1, 0.15) is 26.7 Å². The molecule has 0 aromatic carbocycles. The largest absolute Gasteiger partial charge is 0.481 e. The maximum Gasteiger partial charge on any atom is 0.307 e. The van der Waals surface area contributed by atoms with Gasteiger partial charge in [-0.25, -0.2) is 0 Å². The molecule has 2 N–H and O–H groups in total. The molecule has 0 aromatic rings. The third-order valence-electron chi connectivity index (χ3n) is 3.16. The minimum absolute atomic E-state index is 0.290. The molecular weight excluding hydrogens is 192 g/mol. The minimum atomic E-state index is -0.721. The Balaban J connectivity index is 2.17. The van der Waals surface area contributed by atoms with E-state index in [9.17, 15) is 4.79 Å². The van der Waals surface area contributed by atoms with Crippen LogP contribution in [0, 0.1) is 5.92 Å². The van der Waals surface area contributed by atoms with Gasteiger partial charge in [0.15, 0.2) is 0 Å². The van der Waals surface area contributed by atoms with Crippen molar-refractivity contribution in [3.8, 4) is 0 Å². The fraction of sp³-hybridized carbons (Fsp3) is 0.909. The second-order valence-corrected chi connectivity index (χ2v) is 4.32. The molecule has 1 aliphatic heterocycles. The highest BCUT2D eigenvalue weighted by Gasteiger charge is 2.22. The van der Waals surface area contributed by atoms with Gasteiger partial charge in [-0.05, 0) is 25.9 Å². The second-order valence-electron chi connectivity index (χ2n) is 4.32. The predicted molar refractivity (Wildman–Crippen MR) is 59.9 cm³/mol. The molecule has 0 saturated carbocycles. The molecule has 0 bridgehead atoms. The zero-order valence-corrected chi connectivity index (χ0v) is 9.70. The number of hydrogen-bond acceptors (Lipinski definition) is 3. The Labute approximate surface area is 91.6 Å². The van der Waals surface area contributed by atoms with Crippen LogP contribution >= 0.6 is 0 Å². The van der Waals surface area contributed by atoms with Gasteiger partial charge in [-0.1, -0.05) is 13.8 Å². The number of likely N-dealkylation sites (N-methyl/N-ethyl adjacent to an activating group) is 1. The van der Waals surface area contributed by atoms with Crippen molar-refractivity contribution < 1.29 is 9.90 Å². The number of nitrogens with zero attached hydrogens (tertiary/aromatic N) is 1. The van der Waals surface area contributed by atoms with Crippen molar-refractivity contribution in [3.63, 3.8) is 0 Å². The molecule has 0 radical (unpaired) electrons. The number of likely N-dealkylation sites (tertiary alicyclic amines) is 1. The van der Waals surface area contributed by atoms with Gasteiger partial charge in [-0.3, -0.25) is 9.69 Å². The molecule has 1 saturated heterocycles. The van der Waals surface area contributed by atoms with Crippen molar-refractivity contribution in [2.45, 2.75) is 32.7 Å². The summed E-state index contributed by atoms with van der Waals surface area (Å²) in [6.07, 6.45) is 2.51. The van der Waals surface area contributed by atoms with E-state index < -0.39 is 5.97 Å². The maximum absolute atomic E-state index is 10.6. The van der Waals surface area contributed by atoms with Gasteiger partial charge < -0.3 is 10.4 Å². The van der Waals surface area contributed by atoms with E-state index in [0.717, 1.165) is 13.1 Å². The van der Waals surface area contributed by atoms with Gasteiger partial charge in [-0.15, -0.1) is 0 Å². The number of carbonyl (C=O) groups is 1. The fourth-order valence-corrected chi connectivity index (χ4v) is 2.10. The highest BCUT2D eigenvalue weighted by molar-refractivity contribution is 5.69. The molecule has 15 heavy (non-hydrogen) atoms. The molecule has 0 aliphatic carbocycles. The highest BCUT2D eigenvalue weighted by Crippen LogP contribution is 2.15. The van der Waals surface area contributed by atoms with Crippen LogP contribution in [-0.4, -0.2) is 48.2 Å². The standard InChI is InChI=1S/C11H22N2O2/c1-3-13-6-4-5-10(13)8-12-7-9(2)11(14)15/h9-10,12H,3-8H2,1-2H3,(H,14,15). The zero-order valence-electron chi connectivity index (χ0n) is 9.70. The van der Waals surface area contributed by atoms with Crippen molar-refractivity contribution in [1.82, 2.24) is 10.2 Å². The van der Waals surface area contributed by atoms with E-state index in [1.165, 1.54) is 19.4 Å². The van der Waals surface area contributed by atoms with Gasteiger partial charge in [0.05, 0.1) is 5.92 Å². The molecule has 1 heterocycles. The Morgan fingerprint density at radius 1 is 1.67 bits per heavy atom. The summed E-state index contributed by atoms with van der Waals surface area (Å²) in [7, 11) is 0. The normalized spacial score (nSPS) is 24.3. The van der Waals surface area contributed by atoms with Crippen LogP contribution < -0.4 is 5.32 Å². The topological polar surface area (TPSA) is 52.6 Å². The lowest BCUT2D eigenvalue weighted by Crippen LogP contribution is -2.39. The number of carboxylic acid groups (broad SMARTS) is 1. The van der Waals surface area contributed by atoms with Crippen molar-refractivity contribution >= 4 is 5.97 Å². The number of hydrogen-bond donors (Lipinski definition) is 2. The fourth-order valence-electron chi connectivity index (χ4n) is 2.10. The van der Waals surface area contributed by atoms with E-state index in [1.54, 1.807) is 6.92 Å². The molecule has 0 spiro atoms. The minimum Gasteiger partial charge on any atom is -0.481 e. The summed E-state index contributed by atoms with van der Waals surface area (Å²) in [5.74, 6) is -1.01. The molecule has 2 atom stereocenters. The molecule has 4 heteroatoms. The van der Waals surface area contributed by atoms with Crippen LogP contribution in [-0.2, 0) is 4.79 Å². The van der Waals surface area contributed by atoms with E-state index in [2.05, 4.69) is 17.1 Å². The van der Waals surface area contributed by atoms with Gasteiger partial charge in [0.2, 0.25) is 0 Å². The first-order valence-electron chi connectivity index (χ1n) is 5.82. The lowest BCUT2D eigenvalue weighted by atomic mass is 10.1. The van der Waals surface area contributed by atoms with Crippen LogP contribution in [0.5, 0.6) is 0 Å². The summed E-state index contributed by atoms with van der Waals surface area (Å²) in [5, 5.41) is 12.0. The Morgan fingerprint density at radius 2 is 2.40 bits per heavy atom. The summed E-state index contributed by atoms with van der Waals surface area (Å²) >= 11 is 0. The molecule has 88 valence electrons. The van der Waals surface area contributed by atoms with Crippen LogP contribution in [0.2, 0.25) is 0 Å². The summed E-state index contributed by atoms with van der Waals surface area (Å²) in [6.45, 7) is 7.70. The predicted octanol–water partition coefficient (Wildman–Crippen LogP) is 0.781. The first-order valence-corrected chi connectivity index (χ1v) is 5.82. The molecule has 4 nitrogen and oxygen atoms in total. The van der Waals surface area contributed by atoms with Crippen molar-refractivity contribution in [2.24, 2.45) is 5.92 Å². The molecule has 1 aliphatic rings. The van der Waals surface area contributed by atoms with Crippen LogP contribution in [0.4, 0.5) is 0 Å². The van der Waals surface area contributed by atoms with Gasteiger partial charge in [0.1, 0.15) is 0 Å². The third-order valence-corrected chi connectivity index (χ3v) is 3.16. The van der Waals surface area contributed by atoms with Gasteiger partial charge in [-0.2, -0.15) is 0 Å². The van der Waals surface area contributed by atoms with Crippen molar-refractivity contribution in [2.75, 3.05) is 26.2 Å². The Hall–Kier alpha value is -0.610. The van der Waals surface area contributed by atoms with Gasteiger partial charge in [0.25, 0.3) is 0 Å². The van der Waals surface area contributed by atoms with Crippen molar-refractivity contribution in [3.05, 3.63) is 0 Å². The quantitative estimate of drug-likeness (QED) is 0.686. The van der Waals surface area contributed by atoms with Gasteiger partial charge >= 0.3 is 5.97 Å². The van der Waals surface area contributed by atoms with Crippen LogP contribution in [0.3, 0.4) is 0 Å². The average molecular weight is 214 g/mol. The van der Waals surface area contributed by atoms with E-state index in [1.807, 2.05) is 0 Å². The number of nitrogens with one attached hydrogen (secondary N) is 1. The highest BCUT2D eigenvalue weighted by atomic mass is 16.4. The SMILES string of the molecule is CCN1CCCC1CNCC(C)C(=O)O. The molecule has 1 rings (SSSR count). The van der Waals surface area contributed by atoms with Crippen molar-refractivity contribution in [1.29, 1.82) is 0 Å². The summed E-state index contributed by atoms with van der Waals surface area (Å²) < 4.78 is 0. The smallest absolute Gasteiger partial charge is 0.307 e. The lowest BCUT2D eigenvalue weighted by molar-refractivity contribution is -0.140. The van der Waals surface area contributed by atoms with Crippen LogP contribution in [0.15, 0.2) is 0 Å². The summed E-state index contributed by atoms with van der Waals surface area (Å²) in [4.78, 5) is 13.1. The summed E-state index contributed by atoms with van der Waals surface area (Å²) in [6, 6.07) is 0.607. The second kappa shape index (κ2) is 6.08. The molecule has 2 unspecified atom stereocenters. The Kier molecular flexibility index (Phi) is 5.05.